The Bertz CT molecular complexity index is 451. The van der Waals surface area contributed by atoms with Crippen LogP contribution in [0.1, 0.15) is 0 Å². The van der Waals surface area contributed by atoms with Crippen molar-refractivity contribution in [3.63, 3.8) is 0 Å². The molecule has 0 aromatic heterocycles. The number of urea groups is 1. The highest BCUT2D eigenvalue weighted by atomic mass is 32.1. The van der Waals surface area contributed by atoms with Gasteiger partial charge in [-0.1, -0.05) is 10.6 Å². The third-order valence-electron chi connectivity index (χ3n) is 2.11. The molecule has 1 aliphatic rings. The number of nitrogens with zero attached hydrogens (tertiary/aromatic N) is 3. The lowest BCUT2D eigenvalue weighted by molar-refractivity contribution is 0.254. The maximum atomic E-state index is 11.2. The molecule has 0 atom stereocenters. The Kier molecular flexibility index (Phi) is 3.35. The van der Waals surface area contributed by atoms with Crippen LogP contribution in [0.4, 0.5) is 16.2 Å². The molecule has 7 nitrogen and oxygen atoms in total. The van der Waals surface area contributed by atoms with Crippen molar-refractivity contribution in [3.05, 3.63) is 24.3 Å². The van der Waals surface area contributed by atoms with Gasteiger partial charge >= 0.3 is 6.03 Å². The van der Waals surface area contributed by atoms with Crippen LogP contribution in [0.3, 0.4) is 0 Å². The van der Waals surface area contributed by atoms with Crippen LogP contribution >= 0.6 is 12.8 Å². The van der Waals surface area contributed by atoms with E-state index in [1.165, 1.54) is 4.52 Å². The lowest BCUT2D eigenvalue weighted by Gasteiger charge is -2.21. The first-order chi connectivity index (χ1) is 8.20. The molecule has 0 saturated heterocycles. The summed E-state index contributed by atoms with van der Waals surface area (Å²) in [5, 5.41) is 10.7. The van der Waals surface area contributed by atoms with Gasteiger partial charge in [0.15, 0.2) is 0 Å². The summed E-state index contributed by atoms with van der Waals surface area (Å²) in [5.74, 6) is 0. The number of thiol groups is 1. The van der Waals surface area contributed by atoms with Crippen molar-refractivity contribution >= 4 is 36.6 Å². The molecule has 17 heavy (non-hydrogen) atoms. The zero-order chi connectivity index (χ0) is 12.3. The minimum absolute atomic E-state index is 0.266. The monoisotopic (exact) mass is 252 g/mol. The number of amides is 2. The van der Waals surface area contributed by atoms with Crippen LogP contribution in [0, 0.1) is 0 Å². The first kappa shape index (κ1) is 11.6. The first-order valence-corrected chi connectivity index (χ1v) is 5.26. The Labute approximate surface area is 104 Å². The number of hydrazone groups is 1. The van der Waals surface area contributed by atoms with Crippen LogP contribution < -0.4 is 21.2 Å². The minimum Gasteiger partial charge on any atom is -0.341 e. The fraction of sp³-hybridized carbons (Fsp3) is 0.111. The lowest BCUT2D eigenvalue weighted by atomic mass is 10.3. The second-order valence-corrected chi connectivity index (χ2v) is 3.61. The standard InChI is InChI=1S/C9H12N6OS/c1-10-9(16)12-7-3-2-4-8(5-7)14-6-11-13-15(14)17/h2-6,13,17H,1H3,(H2,10,12,16). The third kappa shape index (κ3) is 2.60. The first-order valence-electron chi connectivity index (χ1n) is 4.86. The van der Waals surface area contributed by atoms with E-state index in [1.807, 2.05) is 12.1 Å². The summed E-state index contributed by atoms with van der Waals surface area (Å²) in [7, 11) is 1.56. The van der Waals surface area contributed by atoms with E-state index in [0.717, 1.165) is 5.69 Å². The van der Waals surface area contributed by atoms with Crippen LogP contribution in [0.25, 0.3) is 0 Å². The molecule has 0 fully saturated rings. The highest BCUT2D eigenvalue weighted by molar-refractivity contribution is 7.77. The van der Waals surface area contributed by atoms with E-state index in [2.05, 4.69) is 34.1 Å². The summed E-state index contributed by atoms with van der Waals surface area (Å²) >= 11 is 4.14. The van der Waals surface area contributed by atoms with Crippen molar-refractivity contribution in [1.29, 1.82) is 0 Å². The predicted molar refractivity (Wildman–Crippen MR) is 69.5 cm³/mol. The van der Waals surface area contributed by atoms with Gasteiger partial charge in [0.2, 0.25) is 0 Å². The Morgan fingerprint density at radius 1 is 1.53 bits per heavy atom. The van der Waals surface area contributed by atoms with Crippen LogP contribution in [-0.2, 0) is 0 Å². The van der Waals surface area contributed by atoms with Crippen molar-refractivity contribution in [2.45, 2.75) is 0 Å². The number of benzene rings is 1. The van der Waals surface area contributed by atoms with E-state index >= 15 is 0 Å². The SMILES string of the molecule is CNC(=O)Nc1cccc(N2C=NNN2S)c1. The fourth-order valence-corrected chi connectivity index (χ4v) is 1.53. The quantitative estimate of drug-likeness (QED) is 0.587. The summed E-state index contributed by atoms with van der Waals surface area (Å²) in [6.07, 6.45) is 1.58. The van der Waals surface area contributed by atoms with Gasteiger partial charge in [0.05, 0.1) is 5.69 Å². The number of anilines is 2. The van der Waals surface area contributed by atoms with Crippen LogP contribution in [-0.4, -0.2) is 23.9 Å². The smallest absolute Gasteiger partial charge is 0.318 e. The summed E-state index contributed by atoms with van der Waals surface area (Å²) < 4.78 is 1.42. The number of nitrogens with one attached hydrogen (secondary N) is 3. The summed E-state index contributed by atoms with van der Waals surface area (Å²) in [6.45, 7) is 0. The van der Waals surface area contributed by atoms with Crippen molar-refractivity contribution in [3.8, 4) is 0 Å². The van der Waals surface area contributed by atoms with Crippen LogP contribution in [0.2, 0.25) is 0 Å². The molecule has 1 heterocycles. The molecular weight excluding hydrogens is 240 g/mol. The highest BCUT2D eigenvalue weighted by Crippen LogP contribution is 2.21. The lowest BCUT2D eigenvalue weighted by Crippen LogP contribution is -2.35. The van der Waals surface area contributed by atoms with Crippen LogP contribution in [0.15, 0.2) is 29.4 Å². The van der Waals surface area contributed by atoms with E-state index < -0.39 is 0 Å². The second kappa shape index (κ2) is 4.93. The van der Waals surface area contributed by atoms with Gasteiger partial charge in [0, 0.05) is 12.7 Å². The zero-order valence-electron chi connectivity index (χ0n) is 9.08. The van der Waals surface area contributed by atoms with E-state index in [4.69, 9.17) is 0 Å². The molecule has 1 aromatic rings. The van der Waals surface area contributed by atoms with Crippen molar-refractivity contribution in [2.24, 2.45) is 5.10 Å². The van der Waals surface area contributed by atoms with Gasteiger partial charge in [0.25, 0.3) is 0 Å². The summed E-state index contributed by atoms with van der Waals surface area (Å²) in [4.78, 5) is 11.2. The predicted octanol–water partition coefficient (Wildman–Crippen LogP) is 0.768. The van der Waals surface area contributed by atoms with Crippen LogP contribution in [0.5, 0.6) is 0 Å². The topological polar surface area (TPSA) is 72.0 Å². The molecular formula is C9H12N6OS. The summed E-state index contributed by atoms with van der Waals surface area (Å²) in [5.41, 5.74) is 4.14. The molecule has 0 radical (unpaired) electrons. The Morgan fingerprint density at radius 2 is 2.35 bits per heavy atom. The molecule has 0 spiro atoms. The highest BCUT2D eigenvalue weighted by Gasteiger charge is 2.15. The Morgan fingerprint density at radius 3 is 3.00 bits per heavy atom. The van der Waals surface area contributed by atoms with Gasteiger partial charge in [0.1, 0.15) is 6.34 Å². The largest absolute Gasteiger partial charge is 0.341 e. The number of carbonyl (C=O) groups is 1. The number of hydrogen-bond acceptors (Lipinski definition) is 6. The van der Waals surface area contributed by atoms with Crippen molar-refractivity contribution in [2.75, 3.05) is 17.4 Å². The normalized spacial score (nSPS) is 14.6. The maximum Gasteiger partial charge on any atom is 0.318 e. The van der Waals surface area contributed by atoms with Crippen molar-refractivity contribution < 1.29 is 4.79 Å². The molecule has 0 unspecified atom stereocenters. The maximum absolute atomic E-state index is 11.2. The molecule has 8 heteroatoms. The zero-order valence-corrected chi connectivity index (χ0v) is 9.98. The van der Waals surface area contributed by atoms with Gasteiger partial charge < -0.3 is 10.6 Å². The van der Waals surface area contributed by atoms with Crippen molar-refractivity contribution in [1.82, 2.24) is 15.4 Å². The van der Waals surface area contributed by atoms with Gasteiger partial charge in [-0.2, -0.15) is 5.10 Å². The van der Waals surface area contributed by atoms with E-state index in [-0.39, 0.29) is 6.03 Å². The van der Waals surface area contributed by atoms with Gasteiger partial charge in [-0.25, -0.2) is 15.3 Å². The Balaban J connectivity index is 2.16. The number of hydrazine groups is 2. The number of carbonyl (C=O) groups excluding carboxylic acids is 1. The number of rotatable bonds is 2. The Hall–Kier alpha value is -1.93. The number of hydrogen-bond donors (Lipinski definition) is 4. The van der Waals surface area contributed by atoms with E-state index in [1.54, 1.807) is 30.5 Å². The van der Waals surface area contributed by atoms with Gasteiger partial charge in [-0.05, 0) is 31.0 Å². The molecule has 0 bridgehead atoms. The molecule has 3 N–H and O–H groups in total. The second-order valence-electron chi connectivity index (χ2n) is 3.23. The van der Waals surface area contributed by atoms with Gasteiger partial charge in [-0.15, -0.1) is 0 Å². The van der Waals surface area contributed by atoms with E-state index in [0.29, 0.717) is 5.69 Å². The van der Waals surface area contributed by atoms with Gasteiger partial charge in [-0.3, -0.25) is 0 Å². The third-order valence-corrected chi connectivity index (χ3v) is 2.40. The molecule has 1 aliphatic heterocycles. The molecule has 0 saturated carbocycles. The molecule has 2 amide bonds. The average molecular weight is 252 g/mol. The average Bonchev–Trinajstić information content (AvgIpc) is 2.75. The molecule has 2 rings (SSSR count). The molecule has 90 valence electrons. The van der Waals surface area contributed by atoms with E-state index in [9.17, 15) is 4.79 Å². The fourth-order valence-electron chi connectivity index (χ4n) is 1.33. The minimum atomic E-state index is -0.266. The molecule has 0 aliphatic carbocycles. The summed E-state index contributed by atoms with van der Waals surface area (Å²) in [6, 6.07) is 7.03. The molecule has 1 aromatic carbocycles.